The molecule has 0 saturated heterocycles. The largest absolute Gasteiger partial charge is 0.367 e. The standard InChI is InChI=1S/C18H17Cl2N5O/c1-25(2)17(26)12-5-3-4-11(9-12)16-13(19)6-10(7-14(16)20)8-15-22-18(21)24-23-15/h3-7,9H,8H2,1-2H3,(H3,21,22,23,24). The maximum Gasteiger partial charge on any atom is 0.253 e. The van der Waals surface area contributed by atoms with E-state index in [-0.39, 0.29) is 11.9 Å². The van der Waals surface area contributed by atoms with Crippen molar-refractivity contribution in [3.05, 3.63) is 63.4 Å². The number of H-pyrrole nitrogens is 1. The van der Waals surface area contributed by atoms with Crippen LogP contribution in [0.4, 0.5) is 5.95 Å². The maximum absolute atomic E-state index is 12.2. The first-order valence-corrected chi connectivity index (χ1v) is 8.57. The Bertz CT molecular complexity index is 945. The van der Waals surface area contributed by atoms with Crippen molar-refractivity contribution in [1.29, 1.82) is 0 Å². The lowest BCUT2D eigenvalue weighted by Crippen LogP contribution is -2.21. The number of nitrogens with zero attached hydrogens (tertiary/aromatic N) is 3. The van der Waals surface area contributed by atoms with Crippen molar-refractivity contribution < 1.29 is 4.79 Å². The number of halogens is 2. The number of nitrogens with one attached hydrogen (secondary N) is 1. The number of aromatic nitrogens is 3. The molecule has 0 bridgehead atoms. The molecular formula is C18H17Cl2N5O. The molecular weight excluding hydrogens is 373 g/mol. The van der Waals surface area contributed by atoms with Crippen molar-refractivity contribution in [3.63, 3.8) is 0 Å². The minimum Gasteiger partial charge on any atom is -0.367 e. The molecule has 0 saturated carbocycles. The van der Waals surface area contributed by atoms with Gasteiger partial charge >= 0.3 is 0 Å². The summed E-state index contributed by atoms with van der Waals surface area (Å²) in [5.74, 6) is 0.732. The monoisotopic (exact) mass is 389 g/mol. The SMILES string of the molecule is CN(C)C(=O)c1cccc(-c2c(Cl)cc(Cc3nc(N)n[nH]3)cc2Cl)c1. The van der Waals surface area contributed by atoms with Gasteiger partial charge in [0.15, 0.2) is 0 Å². The molecule has 8 heteroatoms. The summed E-state index contributed by atoms with van der Waals surface area (Å²) in [6.07, 6.45) is 0.475. The smallest absolute Gasteiger partial charge is 0.253 e. The van der Waals surface area contributed by atoms with Crippen LogP contribution in [0.5, 0.6) is 0 Å². The van der Waals surface area contributed by atoms with Crippen LogP contribution in [0.2, 0.25) is 10.0 Å². The maximum atomic E-state index is 12.2. The molecule has 1 heterocycles. The van der Waals surface area contributed by atoms with Crippen molar-refractivity contribution in [2.24, 2.45) is 0 Å². The highest BCUT2D eigenvalue weighted by atomic mass is 35.5. The zero-order valence-electron chi connectivity index (χ0n) is 14.3. The molecule has 0 radical (unpaired) electrons. The quantitative estimate of drug-likeness (QED) is 0.712. The molecule has 3 N–H and O–H groups in total. The van der Waals surface area contributed by atoms with E-state index < -0.39 is 0 Å². The fraction of sp³-hybridized carbons (Fsp3) is 0.167. The van der Waals surface area contributed by atoms with Crippen LogP contribution in [0.1, 0.15) is 21.7 Å². The number of hydrogen-bond acceptors (Lipinski definition) is 4. The molecule has 1 amide bonds. The third kappa shape index (κ3) is 3.81. The number of nitrogen functional groups attached to an aromatic ring is 1. The van der Waals surface area contributed by atoms with Crippen LogP contribution in [-0.4, -0.2) is 40.1 Å². The molecule has 0 spiro atoms. The predicted octanol–water partition coefficient (Wildman–Crippen LogP) is 3.65. The summed E-state index contributed by atoms with van der Waals surface area (Å²) in [4.78, 5) is 17.8. The Hall–Kier alpha value is -2.57. The first-order valence-electron chi connectivity index (χ1n) is 7.82. The van der Waals surface area contributed by atoms with Crippen LogP contribution in [0.3, 0.4) is 0 Å². The zero-order valence-corrected chi connectivity index (χ0v) is 15.8. The number of amides is 1. The lowest BCUT2D eigenvalue weighted by molar-refractivity contribution is 0.0827. The number of aromatic amines is 1. The molecule has 1 aromatic heterocycles. The van der Waals surface area contributed by atoms with Crippen LogP contribution in [0.15, 0.2) is 36.4 Å². The Morgan fingerprint density at radius 2 is 1.88 bits per heavy atom. The van der Waals surface area contributed by atoms with Gasteiger partial charge in [0.25, 0.3) is 5.91 Å². The molecule has 134 valence electrons. The second-order valence-electron chi connectivity index (χ2n) is 6.03. The second-order valence-corrected chi connectivity index (χ2v) is 6.85. The Morgan fingerprint density at radius 3 is 2.46 bits per heavy atom. The molecule has 2 aromatic carbocycles. The minimum absolute atomic E-state index is 0.0846. The highest BCUT2D eigenvalue weighted by Gasteiger charge is 2.15. The first kappa shape index (κ1) is 18.2. The summed E-state index contributed by atoms with van der Waals surface area (Å²) in [6.45, 7) is 0. The normalized spacial score (nSPS) is 10.8. The minimum atomic E-state index is -0.0846. The third-order valence-electron chi connectivity index (χ3n) is 3.83. The zero-order chi connectivity index (χ0) is 18.8. The number of rotatable bonds is 4. The Kier molecular flexibility index (Phi) is 5.15. The summed E-state index contributed by atoms with van der Waals surface area (Å²) in [6, 6.07) is 10.9. The fourth-order valence-electron chi connectivity index (χ4n) is 2.65. The van der Waals surface area contributed by atoms with Crippen molar-refractivity contribution in [3.8, 4) is 11.1 Å². The molecule has 0 atom stereocenters. The summed E-state index contributed by atoms with van der Waals surface area (Å²) in [5.41, 5.74) is 8.42. The van der Waals surface area contributed by atoms with Gasteiger partial charge in [0, 0.05) is 31.6 Å². The van der Waals surface area contributed by atoms with Crippen LogP contribution < -0.4 is 5.73 Å². The molecule has 0 aliphatic heterocycles. The number of nitrogens with two attached hydrogens (primary N) is 1. The van der Waals surface area contributed by atoms with Gasteiger partial charge in [-0.3, -0.25) is 9.89 Å². The number of benzene rings is 2. The van der Waals surface area contributed by atoms with Crippen LogP contribution in [0.25, 0.3) is 11.1 Å². The number of anilines is 1. The fourth-order valence-corrected chi connectivity index (χ4v) is 3.40. The number of hydrogen-bond donors (Lipinski definition) is 2. The molecule has 0 aliphatic carbocycles. The Labute approximate surface area is 160 Å². The average Bonchev–Trinajstić information content (AvgIpc) is 2.98. The molecule has 6 nitrogen and oxygen atoms in total. The van der Waals surface area contributed by atoms with Gasteiger partial charge in [0.05, 0.1) is 10.0 Å². The molecule has 3 rings (SSSR count). The van der Waals surface area contributed by atoms with E-state index in [0.29, 0.717) is 33.4 Å². The molecule has 0 unspecified atom stereocenters. The topological polar surface area (TPSA) is 87.9 Å². The third-order valence-corrected chi connectivity index (χ3v) is 4.42. The van der Waals surface area contributed by atoms with Gasteiger partial charge in [0.2, 0.25) is 5.95 Å². The van der Waals surface area contributed by atoms with Crippen molar-refractivity contribution >= 4 is 35.1 Å². The molecule has 3 aromatic rings. The summed E-state index contributed by atoms with van der Waals surface area (Å²) in [7, 11) is 3.42. The summed E-state index contributed by atoms with van der Waals surface area (Å²) >= 11 is 13.0. The van der Waals surface area contributed by atoms with Crippen LogP contribution >= 0.6 is 23.2 Å². The van der Waals surface area contributed by atoms with Gasteiger partial charge < -0.3 is 10.6 Å². The second kappa shape index (κ2) is 7.35. The average molecular weight is 390 g/mol. The van der Waals surface area contributed by atoms with E-state index in [1.165, 1.54) is 4.90 Å². The lowest BCUT2D eigenvalue weighted by Gasteiger charge is -2.13. The van der Waals surface area contributed by atoms with E-state index in [1.807, 2.05) is 24.3 Å². The van der Waals surface area contributed by atoms with E-state index in [4.69, 9.17) is 28.9 Å². The van der Waals surface area contributed by atoms with Gasteiger partial charge in [-0.2, -0.15) is 4.98 Å². The molecule has 0 aliphatic rings. The van der Waals surface area contributed by atoms with Crippen molar-refractivity contribution in [1.82, 2.24) is 20.1 Å². The Balaban J connectivity index is 1.96. The van der Waals surface area contributed by atoms with Crippen LogP contribution in [-0.2, 0) is 6.42 Å². The van der Waals surface area contributed by atoms with Crippen molar-refractivity contribution in [2.75, 3.05) is 19.8 Å². The van der Waals surface area contributed by atoms with E-state index in [1.54, 1.807) is 26.2 Å². The van der Waals surface area contributed by atoms with Crippen molar-refractivity contribution in [2.45, 2.75) is 6.42 Å². The number of carbonyl (C=O) groups is 1. The first-order chi connectivity index (χ1) is 12.3. The summed E-state index contributed by atoms with van der Waals surface area (Å²) < 4.78 is 0. The lowest BCUT2D eigenvalue weighted by atomic mass is 10.00. The van der Waals surface area contributed by atoms with Gasteiger partial charge in [-0.15, -0.1) is 5.10 Å². The molecule has 26 heavy (non-hydrogen) atoms. The van der Waals surface area contributed by atoms with Gasteiger partial charge in [-0.1, -0.05) is 35.3 Å². The highest BCUT2D eigenvalue weighted by Crippen LogP contribution is 2.36. The van der Waals surface area contributed by atoms with E-state index in [9.17, 15) is 4.79 Å². The van der Waals surface area contributed by atoms with E-state index in [2.05, 4.69) is 15.2 Å². The summed E-state index contributed by atoms with van der Waals surface area (Å²) in [5, 5.41) is 7.55. The van der Waals surface area contributed by atoms with Gasteiger partial charge in [-0.05, 0) is 35.4 Å². The number of carbonyl (C=O) groups excluding carboxylic acids is 1. The van der Waals surface area contributed by atoms with E-state index >= 15 is 0 Å². The Morgan fingerprint density at radius 1 is 1.19 bits per heavy atom. The van der Waals surface area contributed by atoms with Gasteiger partial charge in [-0.25, -0.2) is 0 Å². The van der Waals surface area contributed by atoms with Crippen LogP contribution in [0, 0.1) is 0 Å². The predicted molar refractivity (Wildman–Crippen MR) is 104 cm³/mol. The van der Waals surface area contributed by atoms with Gasteiger partial charge in [0.1, 0.15) is 5.82 Å². The molecule has 0 fully saturated rings. The highest BCUT2D eigenvalue weighted by molar-refractivity contribution is 6.39. The van der Waals surface area contributed by atoms with E-state index in [0.717, 1.165) is 11.1 Å².